The fraction of sp³-hybridized carbons (Fsp3) is 0.235. The van der Waals surface area contributed by atoms with Gasteiger partial charge in [0.25, 0.3) is 5.91 Å². The van der Waals surface area contributed by atoms with E-state index >= 15 is 0 Å². The Morgan fingerprint density at radius 1 is 1.21 bits per heavy atom. The number of amides is 1. The predicted octanol–water partition coefficient (Wildman–Crippen LogP) is 2.35. The van der Waals surface area contributed by atoms with E-state index < -0.39 is 0 Å². The topological polar surface area (TPSA) is 70.2 Å². The van der Waals surface area contributed by atoms with E-state index in [2.05, 4.69) is 31.8 Å². The lowest BCUT2D eigenvalue weighted by Gasteiger charge is -2.39. The fourth-order valence-electron chi connectivity index (χ4n) is 2.84. The summed E-state index contributed by atoms with van der Waals surface area (Å²) in [4.78, 5) is 14.6. The Morgan fingerprint density at radius 2 is 2.00 bits per heavy atom. The second-order valence-electron chi connectivity index (χ2n) is 5.82. The number of carbonyl (C=O) groups excluding carboxylic acids is 1. The van der Waals surface area contributed by atoms with Crippen LogP contribution in [0.2, 0.25) is 0 Å². The number of nitrogens with one attached hydrogen (secondary N) is 2. The van der Waals surface area contributed by atoms with Gasteiger partial charge in [0.05, 0.1) is 6.04 Å². The van der Waals surface area contributed by atoms with E-state index in [0.29, 0.717) is 5.56 Å². The van der Waals surface area contributed by atoms with Gasteiger partial charge >= 0.3 is 0 Å². The molecule has 2 heterocycles. The summed E-state index contributed by atoms with van der Waals surface area (Å²) in [6, 6.07) is 12.1. The minimum atomic E-state index is -0.0310. The third-order valence-electron chi connectivity index (χ3n) is 4.23. The summed E-state index contributed by atoms with van der Waals surface area (Å²) in [6.07, 6.45) is 0. The van der Waals surface area contributed by atoms with Crippen molar-refractivity contribution in [3.63, 3.8) is 0 Å². The van der Waals surface area contributed by atoms with Gasteiger partial charge in [-0.25, -0.2) is 0 Å². The lowest BCUT2D eigenvalue weighted by Crippen LogP contribution is -2.59. The molecule has 0 saturated carbocycles. The first-order chi connectivity index (χ1) is 11.7. The first kappa shape index (κ1) is 14.9. The summed E-state index contributed by atoms with van der Waals surface area (Å²) in [5.41, 5.74) is 3.47. The van der Waals surface area contributed by atoms with Crippen LogP contribution < -0.4 is 15.5 Å². The number of hydrogen-bond donors (Lipinski definition) is 2. The highest BCUT2D eigenvalue weighted by atomic mass is 32.1. The Balaban J connectivity index is 1.42. The zero-order valence-corrected chi connectivity index (χ0v) is 14.0. The van der Waals surface area contributed by atoms with Gasteiger partial charge in [-0.1, -0.05) is 23.5 Å². The van der Waals surface area contributed by atoms with Gasteiger partial charge < -0.3 is 15.5 Å². The maximum absolute atomic E-state index is 12.4. The molecule has 1 aromatic heterocycles. The Labute approximate surface area is 143 Å². The lowest BCUT2D eigenvalue weighted by molar-refractivity contribution is 0.0930. The minimum absolute atomic E-state index is 0.0310. The predicted molar refractivity (Wildman–Crippen MR) is 96.9 cm³/mol. The molecule has 2 N–H and O–H groups in total. The van der Waals surface area contributed by atoms with Gasteiger partial charge in [0.1, 0.15) is 5.51 Å². The Hall–Kier alpha value is -2.67. The third kappa shape index (κ3) is 2.78. The summed E-state index contributed by atoms with van der Waals surface area (Å²) in [7, 11) is 1.90. The molecule has 1 aliphatic rings. The molecule has 7 heteroatoms. The first-order valence-corrected chi connectivity index (χ1v) is 8.64. The number of anilines is 2. The van der Waals surface area contributed by atoms with Crippen LogP contribution in [0.15, 0.2) is 41.9 Å². The van der Waals surface area contributed by atoms with E-state index in [1.807, 2.05) is 37.4 Å². The maximum atomic E-state index is 12.4. The average molecular weight is 339 g/mol. The Bertz CT molecular complexity index is 874. The lowest BCUT2D eigenvalue weighted by atomic mass is 10.0. The molecule has 1 saturated heterocycles. The molecule has 0 atom stereocenters. The zero-order chi connectivity index (χ0) is 16.5. The summed E-state index contributed by atoms with van der Waals surface area (Å²) in [5.74, 6) is -0.0310. The molecule has 0 unspecified atom stereocenters. The van der Waals surface area contributed by atoms with Crippen LogP contribution in [0.25, 0.3) is 10.8 Å². The molecule has 6 nitrogen and oxygen atoms in total. The summed E-state index contributed by atoms with van der Waals surface area (Å²) in [6.45, 7) is 1.56. The smallest absolute Gasteiger partial charge is 0.251 e. The molecule has 1 aliphatic heterocycles. The molecule has 0 bridgehead atoms. The van der Waals surface area contributed by atoms with Crippen molar-refractivity contribution in [1.82, 2.24) is 15.5 Å². The number of fused-ring (bicyclic) bond motifs is 1. The van der Waals surface area contributed by atoms with E-state index in [1.54, 1.807) is 5.51 Å². The standard InChI is InChI=1S/C17H17N5OS/c1-18-14-5-4-11-6-13(3-2-12(11)7-14)16(23)20-15-8-22(9-15)17-21-19-10-24-17/h2-7,10,15,18H,8-9H2,1H3,(H,20,23). The number of aromatic nitrogens is 2. The molecule has 1 amide bonds. The molecule has 4 rings (SSSR count). The van der Waals surface area contributed by atoms with Crippen LogP contribution in [-0.4, -0.2) is 42.3 Å². The van der Waals surface area contributed by atoms with E-state index in [-0.39, 0.29) is 11.9 Å². The van der Waals surface area contributed by atoms with E-state index in [9.17, 15) is 4.79 Å². The molecule has 0 aliphatic carbocycles. The number of benzene rings is 2. The second kappa shape index (κ2) is 6.09. The summed E-state index contributed by atoms with van der Waals surface area (Å²) in [5, 5.41) is 17.2. The minimum Gasteiger partial charge on any atom is -0.388 e. The van der Waals surface area contributed by atoms with E-state index in [1.165, 1.54) is 11.3 Å². The van der Waals surface area contributed by atoms with Crippen molar-refractivity contribution in [3.05, 3.63) is 47.5 Å². The van der Waals surface area contributed by atoms with Gasteiger partial charge in [-0.15, -0.1) is 10.2 Å². The van der Waals surface area contributed by atoms with Crippen molar-refractivity contribution >= 4 is 38.8 Å². The Kier molecular flexibility index (Phi) is 3.78. The molecule has 3 aromatic rings. The highest BCUT2D eigenvalue weighted by Crippen LogP contribution is 2.23. The quantitative estimate of drug-likeness (QED) is 0.763. The monoisotopic (exact) mass is 339 g/mol. The van der Waals surface area contributed by atoms with E-state index in [4.69, 9.17) is 0 Å². The molecule has 0 radical (unpaired) electrons. The van der Waals surface area contributed by atoms with Crippen LogP contribution in [-0.2, 0) is 0 Å². The molecule has 24 heavy (non-hydrogen) atoms. The van der Waals surface area contributed by atoms with Gasteiger partial charge in [0.2, 0.25) is 5.13 Å². The molecule has 0 spiro atoms. The zero-order valence-electron chi connectivity index (χ0n) is 13.2. The highest BCUT2D eigenvalue weighted by Gasteiger charge is 2.30. The van der Waals surface area contributed by atoms with Gasteiger partial charge in [-0.05, 0) is 35.0 Å². The highest BCUT2D eigenvalue weighted by molar-refractivity contribution is 7.13. The first-order valence-electron chi connectivity index (χ1n) is 7.76. The number of hydrogen-bond acceptors (Lipinski definition) is 6. The van der Waals surface area contributed by atoms with Crippen LogP contribution in [0.3, 0.4) is 0 Å². The number of nitrogens with zero attached hydrogens (tertiary/aromatic N) is 3. The van der Waals surface area contributed by atoms with Gasteiger partial charge in [0.15, 0.2) is 0 Å². The fourth-order valence-corrected chi connectivity index (χ4v) is 3.42. The van der Waals surface area contributed by atoms with E-state index in [0.717, 1.165) is 34.7 Å². The van der Waals surface area contributed by atoms with Gasteiger partial charge in [-0.3, -0.25) is 4.79 Å². The van der Waals surface area contributed by atoms with Crippen LogP contribution in [0, 0.1) is 0 Å². The molecular formula is C17H17N5OS. The largest absolute Gasteiger partial charge is 0.388 e. The maximum Gasteiger partial charge on any atom is 0.251 e. The van der Waals surface area contributed by atoms with Crippen LogP contribution >= 0.6 is 11.3 Å². The third-order valence-corrected chi connectivity index (χ3v) is 4.98. The summed E-state index contributed by atoms with van der Waals surface area (Å²) >= 11 is 1.51. The molecule has 2 aromatic carbocycles. The number of carbonyl (C=O) groups is 1. The SMILES string of the molecule is CNc1ccc2cc(C(=O)NC3CN(c4nncs4)C3)ccc2c1. The number of rotatable bonds is 4. The molecular weight excluding hydrogens is 322 g/mol. The van der Waals surface area contributed by atoms with Crippen molar-refractivity contribution < 1.29 is 4.79 Å². The van der Waals surface area contributed by atoms with Gasteiger partial charge in [0, 0.05) is 31.4 Å². The van der Waals surface area contributed by atoms with Crippen molar-refractivity contribution in [1.29, 1.82) is 0 Å². The van der Waals surface area contributed by atoms with Crippen molar-refractivity contribution in [2.75, 3.05) is 30.4 Å². The average Bonchev–Trinajstić information content (AvgIpc) is 3.10. The van der Waals surface area contributed by atoms with Gasteiger partial charge in [-0.2, -0.15) is 0 Å². The van der Waals surface area contributed by atoms with Crippen molar-refractivity contribution in [2.45, 2.75) is 6.04 Å². The second-order valence-corrected chi connectivity index (χ2v) is 6.64. The van der Waals surface area contributed by atoms with Crippen LogP contribution in [0.4, 0.5) is 10.8 Å². The summed E-state index contributed by atoms with van der Waals surface area (Å²) < 4.78 is 0. The Morgan fingerprint density at radius 3 is 2.75 bits per heavy atom. The van der Waals surface area contributed by atoms with Crippen molar-refractivity contribution in [2.24, 2.45) is 0 Å². The van der Waals surface area contributed by atoms with Crippen molar-refractivity contribution in [3.8, 4) is 0 Å². The van der Waals surface area contributed by atoms with Crippen LogP contribution in [0.1, 0.15) is 10.4 Å². The van der Waals surface area contributed by atoms with Crippen LogP contribution in [0.5, 0.6) is 0 Å². The molecule has 1 fully saturated rings. The normalized spacial score (nSPS) is 14.5. The molecule has 122 valence electrons.